The number of benzene rings is 2. The number of aliphatic hydroxyl groups is 4. The minimum atomic E-state index is -1.55. The molecule has 2 aromatic carbocycles. The molecule has 24 heteroatoms. The van der Waals surface area contributed by atoms with Gasteiger partial charge in [-0.2, -0.15) is 0 Å². The molecule has 404 valence electrons. The second-order valence-corrected chi connectivity index (χ2v) is 17.9. The lowest BCUT2D eigenvalue weighted by Crippen LogP contribution is -2.52. The molecule has 18 N–H and O–H groups in total. The number of nitrogens with one attached hydrogen (secondary N) is 5. The summed E-state index contributed by atoms with van der Waals surface area (Å²) in [6.45, 7) is -1.60. The van der Waals surface area contributed by atoms with Crippen LogP contribution in [-0.2, 0) is 51.2 Å². The van der Waals surface area contributed by atoms with E-state index in [0.29, 0.717) is 12.8 Å². The number of hydrogen-bond acceptors (Lipinski definition) is 16. The number of aromatic hydroxyl groups is 1. The Morgan fingerprint density at radius 3 is 1.66 bits per heavy atom. The highest BCUT2D eigenvalue weighted by Gasteiger charge is 2.33. The van der Waals surface area contributed by atoms with Gasteiger partial charge < -0.3 is 75.1 Å². The Hall–Kier alpha value is -6.86. The van der Waals surface area contributed by atoms with E-state index in [0.717, 1.165) is 11.1 Å². The van der Waals surface area contributed by atoms with E-state index in [9.17, 15) is 63.6 Å². The first-order chi connectivity index (χ1) is 34.7. The maximum atomic E-state index is 13.8. The molecule has 0 heterocycles. The number of carbonyl (C=O) groups is 9. The van der Waals surface area contributed by atoms with E-state index in [4.69, 9.17) is 28.0 Å². The molecule has 2 aromatic rings. The molecule has 0 radical (unpaired) electrons. The van der Waals surface area contributed by atoms with Gasteiger partial charge in [0.2, 0.25) is 23.6 Å². The van der Waals surface area contributed by atoms with Crippen LogP contribution >= 0.6 is 0 Å². The summed E-state index contributed by atoms with van der Waals surface area (Å²) in [5.41, 5.74) is 23.3. The van der Waals surface area contributed by atoms with Gasteiger partial charge >= 0.3 is 6.03 Å². The predicted molar refractivity (Wildman–Crippen MR) is 267 cm³/mol. The number of rotatable bonds is 37. The van der Waals surface area contributed by atoms with Crippen LogP contribution in [0.4, 0.5) is 4.79 Å². The third kappa shape index (κ3) is 24.4. The first kappa shape index (κ1) is 62.3. The van der Waals surface area contributed by atoms with Gasteiger partial charge in [-0.25, -0.2) is 4.79 Å². The number of phenolic OH excluding ortho intramolecular Hbond substituents is 1. The van der Waals surface area contributed by atoms with Crippen LogP contribution in [0.3, 0.4) is 0 Å². The Balaban J connectivity index is 2.23. The number of ketones is 4. The maximum Gasteiger partial charge on any atom is 0.312 e. The molecule has 0 aliphatic carbocycles. The molecular weight excluding hydrogens is 953 g/mol. The lowest BCUT2D eigenvalue weighted by atomic mass is 9.91. The van der Waals surface area contributed by atoms with Crippen molar-refractivity contribution < 1.29 is 68.7 Å². The van der Waals surface area contributed by atoms with Crippen LogP contribution in [0.15, 0.2) is 59.6 Å². The first-order valence-corrected chi connectivity index (χ1v) is 24.1. The highest BCUT2D eigenvalue weighted by Crippen LogP contribution is 2.19. The van der Waals surface area contributed by atoms with Crippen LogP contribution in [0, 0.1) is 17.8 Å². The predicted octanol–water partition coefficient (Wildman–Crippen LogP) is -2.60. The van der Waals surface area contributed by atoms with E-state index < -0.39 is 135 Å². The molecule has 0 aliphatic heterocycles. The van der Waals surface area contributed by atoms with Gasteiger partial charge in [-0.1, -0.05) is 49.4 Å². The topological polar surface area (TPSA) is 431 Å². The summed E-state index contributed by atoms with van der Waals surface area (Å²) in [5, 5.41) is 61.2. The van der Waals surface area contributed by atoms with Crippen molar-refractivity contribution >= 4 is 58.8 Å². The monoisotopic (exact) mass is 1030 g/mol. The van der Waals surface area contributed by atoms with Crippen molar-refractivity contribution in [1.82, 2.24) is 26.6 Å². The number of phenols is 1. The van der Waals surface area contributed by atoms with Gasteiger partial charge in [-0.15, -0.1) is 0 Å². The minimum absolute atomic E-state index is 0.0000310. The van der Waals surface area contributed by atoms with E-state index in [1.54, 1.807) is 24.3 Å². The van der Waals surface area contributed by atoms with Crippen LogP contribution in [0.5, 0.6) is 5.75 Å². The zero-order chi connectivity index (χ0) is 54.5. The number of nitrogens with two attached hydrogens (primary N) is 4. The van der Waals surface area contributed by atoms with Gasteiger partial charge in [0.25, 0.3) is 0 Å². The van der Waals surface area contributed by atoms with E-state index in [1.807, 2.05) is 37.3 Å². The van der Waals surface area contributed by atoms with Gasteiger partial charge in [0.1, 0.15) is 17.8 Å². The largest absolute Gasteiger partial charge is 0.508 e. The molecule has 0 fully saturated rings. The Labute approximate surface area is 423 Å². The highest BCUT2D eigenvalue weighted by atomic mass is 16.3. The van der Waals surface area contributed by atoms with Crippen molar-refractivity contribution in [2.75, 3.05) is 39.5 Å². The lowest BCUT2D eigenvalue weighted by Gasteiger charge is -2.25. The summed E-state index contributed by atoms with van der Waals surface area (Å²) >= 11 is 0. The molecule has 0 saturated heterocycles. The Bertz CT molecular complexity index is 2140. The van der Waals surface area contributed by atoms with Gasteiger partial charge in [0.15, 0.2) is 29.1 Å². The van der Waals surface area contributed by atoms with Crippen molar-refractivity contribution in [3.63, 3.8) is 0 Å². The van der Waals surface area contributed by atoms with Crippen molar-refractivity contribution in [2.45, 2.75) is 114 Å². The number of hydrogen-bond donors (Lipinski definition) is 14. The van der Waals surface area contributed by atoms with Crippen LogP contribution in [-0.4, -0.2) is 154 Å². The molecule has 0 bridgehead atoms. The molecule has 6 amide bonds. The van der Waals surface area contributed by atoms with E-state index >= 15 is 0 Å². The van der Waals surface area contributed by atoms with Crippen LogP contribution in [0.25, 0.3) is 0 Å². The van der Waals surface area contributed by atoms with Crippen LogP contribution in [0.1, 0.15) is 82.3 Å². The van der Waals surface area contributed by atoms with Crippen LogP contribution < -0.4 is 49.5 Å². The Kier molecular flexibility index (Phi) is 28.8. The number of urea groups is 1. The zero-order valence-electron chi connectivity index (χ0n) is 41.2. The number of Topliss-reactive ketones (excluding diaryl/α,β-unsaturated/α-hetero) is 4. The number of guanidine groups is 1. The normalized spacial score (nSPS) is 14.3. The standard InChI is InChI=1S/C49H74N10O14/c1-29(21-31-11-14-34(64)15-12-31)22-41(66)38(16-13-30-7-3-2-4-8-30)56-44(69)18-17-40(65)36(9-6-20-55-49(53)73)57-45(70)32(25-60)23-42(67)37(10-5-19-54-48(51)52)58-46(71)33(26-61)24-43(68)39(28-63)59-47(72)35(50)27-62/h2-4,7-8,11-12,14-15,29,32-33,35-39,60-64H,5-6,9-10,13,16-28,50H2,1H3,(H,56,69)(H,57,70)(H,58,71)(H,59,72)(H4,51,52,54)(H3,53,55,73)/t29-,32+,33-,35-,36+,37+,38+,39-/m1/s1. The molecule has 0 saturated carbocycles. The Morgan fingerprint density at radius 1 is 0.575 bits per heavy atom. The summed E-state index contributed by atoms with van der Waals surface area (Å²) in [6, 6.07) is 8.63. The number of carbonyl (C=O) groups excluding carboxylic acids is 9. The fourth-order valence-electron chi connectivity index (χ4n) is 7.61. The molecule has 0 aromatic heterocycles. The fraction of sp³-hybridized carbons (Fsp3) is 0.551. The molecule has 73 heavy (non-hydrogen) atoms. The fourth-order valence-corrected chi connectivity index (χ4v) is 7.61. The number of primary amides is 1. The van der Waals surface area contributed by atoms with Crippen molar-refractivity contribution in [2.24, 2.45) is 45.7 Å². The molecule has 2 rings (SSSR count). The number of aliphatic hydroxyl groups excluding tert-OH is 4. The zero-order valence-corrected chi connectivity index (χ0v) is 41.2. The summed E-state index contributed by atoms with van der Waals surface area (Å²) in [6.07, 6.45) is -0.759. The average Bonchev–Trinajstić information content (AvgIpc) is 3.36. The smallest absolute Gasteiger partial charge is 0.312 e. The third-order valence-electron chi connectivity index (χ3n) is 11.8. The van der Waals surface area contributed by atoms with Gasteiger partial charge in [0.05, 0.1) is 56.4 Å². The lowest BCUT2D eigenvalue weighted by molar-refractivity contribution is -0.136. The van der Waals surface area contributed by atoms with Gasteiger partial charge in [-0.3, -0.25) is 43.3 Å². The van der Waals surface area contributed by atoms with Crippen molar-refractivity contribution in [3.05, 3.63) is 65.7 Å². The van der Waals surface area contributed by atoms with Gasteiger partial charge in [-0.05, 0) is 74.1 Å². The number of aryl methyl sites for hydroxylation is 1. The SMILES string of the molecule is C[C@@H](CC(=O)[C@H](CCc1ccccc1)NC(=O)CCC(=O)[C@H](CCCNC(N)=O)NC(=O)[C@H](CO)CC(=O)[C@H](CCCN=C(N)N)NC(=O)[C@@H](CO)CC(=O)[C@@H](CO)NC(=O)[C@H](N)CO)Cc1ccc(O)cc1. The van der Waals surface area contributed by atoms with Crippen molar-refractivity contribution in [1.29, 1.82) is 0 Å². The first-order valence-electron chi connectivity index (χ1n) is 24.1. The molecule has 0 aliphatic rings. The van der Waals surface area contributed by atoms with Gasteiger partial charge in [0, 0.05) is 45.2 Å². The Morgan fingerprint density at radius 2 is 1.11 bits per heavy atom. The van der Waals surface area contributed by atoms with E-state index in [2.05, 4.69) is 31.6 Å². The van der Waals surface area contributed by atoms with Crippen LogP contribution in [0.2, 0.25) is 0 Å². The summed E-state index contributed by atoms with van der Waals surface area (Å²) in [7, 11) is 0. The van der Waals surface area contributed by atoms with E-state index in [1.165, 1.54) is 0 Å². The number of nitrogens with zero attached hydrogens (tertiary/aromatic N) is 1. The second-order valence-electron chi connectivity index (χ2n) is 17.9. The molecule has 0 spiro atoms. The maximum absolute atomic E-state index is 13.8. The molecule has 24 nitrogen and oxygen atoms in total. The second kappa shape index (κ2) is 33.7. The summed E-state index contributed by atoms with van der Waals surface area (Å²) < 4.78 is 0. The quantitative estimate of drug-likeness (QED) is 0.0187. The van der Waals surface area contributed by atoms with Crippen molar-refractivity contribution in [3.8, 4) is 5.75 Å². The summed E-state index contributed by atoms with van der Waals surface area (Å²) in [5.74, 6) is -9.27. The average molecular weight is 1030 g/mol. The summed E-state index contributed by atoms with van der Waals surface area (Å²) in [4.78, 5) is 122. The number of amides is 6. The number of aliphatic imine (C=N–C) groups is 1. The molecular formula is C49H74N10O14. The highest BCUT2D eigenvalue weighted by molar-refractivity contribution is 5.97. The minimum Gasteiger partial charge on any atom is -0.508 e. The molecule has 8 atom stereocenters. The third-order valence-corrected chi connectivity index (χ3v) is 11.8. The molecule has 0 unspecified atom stereocenters. The van der Waals surface area contributed by atoms with E-state index in [-0.39, 0.29) is 81.4 Å².